The first kappa shape index (κ1) is 12.2. The molecule has 1 amide bonds. The van der Waals surface area contributed by atoms with Gasteiger partial charge >= 0.3 is 5.97 Å². The largest absolute Gasteiger partial charge is 0.478 e. The molecule has 1 heterocycles. The van der Waals surface area contributed by atoms with E-state index in [0.29, 0.717) is 12.5 Å². The number of terminal acetylenes is 1. The molecule has 1 saturated carbocycles. The molecule has 0 aliphatic heterocycles. The quantitative estimate of drug-likeness (QED) is 0.800. The zero-order valence-corrected chi connectivity index (χ0v) is 9.76. The van der Waals surface area contributed by atoms with E-state index < -0.39 is 5.97 Å². The number of hydrogen-bond donors (Lipinski definition) is 1. The van der Waals surface area contributed by atoms with Crippen molar-refractivity contribution < 1.29 is 19.1 Å². The van der Waals surface area contributed by atoms with Gasteiger partial charge in [-0.15, -0.1) is 6.42 Å². The molecule has 0 spiro atoms. The molecule has 18 heavy (non-hydrogen) atoms. The Morgan fingerprint density at radius 3 is 2.78 bits per heavy atom. The molecule has 2 rings (SSSR count). The van der Waals surface area contributed by atoms with Gasteiger partial charge in [0.15, 0.2) is 5.76 Å². The molecule has 0 atom stereocenters. The highest BCUT2D eigenvalue weighted by molar-refractivity contribution is 5.95. The standard InChI is InChI=1S/C13H13NO4/c1-2-5-14(7-9-3-4-9)12(15)11-6-10(8-18-11)13(16)17/h1,6,8-9H,3-5,7H2,(H,16,17). The van der Waals surface area contributed by atoms with Crippen LogP contribution >= 0.6 is 0 Å². The van der Waals surface area contributed by atoms with Gasteiger partial charge in [0.05, 0.1) is 12.1 Å². The summed E-state index contributed by atoms with van der Waals surface area (Å²) in [5.41, 5.74) is -0.0366. The van der Waals surface area contributed by atoms with Gasteiger partial charge in [-0.1, -0.05) is 5.92 Å². The van der Waals surface area contributed by atoms with Crippen molar-refractivity contribution in [3.8, 4) is 12.3 Å². The third-order valence-corrected chi connectivity index (χ3v) is 2.80. The van der Waals surface area contributed by atoms with Crippen molar-refractivity contribution in [3.05, 3.63) is 23.7 Å². The second-order valence-electron chi connectivity index (χ2n) is 4.34. The predicted molar refractivity (Wildman–Crippen MR) is 63.1 cm³/mol. The summed E-state index contributed by atoms with van der Waals surface area (Å²) in [4.78, 5) is 24.3. The minimum absolute atomic E-state index is 0.0169. The lowest BCUT2D eigenvalue weighted by molar-refractivity contribution is 0.0694. The number of carbonyl (C=O) groups is 2. The number of carbonyl (C=O) groups excluding carboxylic acids is 1. The lowest BCUT2D eigenvalue weighted by Crippen LogP contribution is -2.33. The van der Waals surface area contributed by atoms with Crippen molar-refractivity contribution in [2.24, 2.45) is 5.92 Å². The summed E-state index contributed by atoms with van der Waals surface area (Å²) in [5.74, 6) is 1.48. The summed E-state index contributed by atoms with van der Waals surface area (Å²) in [6.07, 6.45) is 8.49. The van der Waals surface area contributed by atoms with Gasteiger partial charge in [0, 0.05) is 12.6 Å². The molecule has 5 nitrogen and oxygen atoms in total. The summed E-state index contributed by atoms with van der Waals surface area (Å²) in [5, 5.41) is 8.76. The molecular weight excluding hydrogens is 234 g/mol. The van der Waals surface area contributed by atoms with E-state index in [1.807, 2.05) is 0 Å². The Kier molecular flexibility index (Phi) is 3.38. The van der Waals surface area contributed by atoms with Crippen LogP contribution in [0.25, 0.3) is 0 Å². The molecule has 0 radical (unpaired) electrons. The third kappa shape index (κ3) is 2.72. The first-order valence-corrected chi connectivity index (χ1v) is 5.66. The van der Waals surface area contributed by atoms with E-state index in [4.69, 9.17) is 15.9 Å². The summed E-state index contributed by atoms with van der Waals surface area (Å²) >= 11 is 0. The van der Waals surface area contributed by atoms with Crippen molar-refractivity contribution in [1.82, 2.24) is 4.90 Å². The highest BCUT2D eigenvalue weighted by Gasteiger charge is 2.28. The Morgan fingerprint density at radius 2 is 2.28 bits per heavy atom. The smallest absolute Gasteiger partial charge is 0.338 e. The number of hydrogen-bond acceptors (Lipinski definition) is 3. The zero-order chi connectivity index (χ0) is 13.1. The molecule has 1 aromatic heterocycles. The van der Waals surface area contributed by atoms with Crippen LogP contribution in [0.3, 0.4) is 0 Å². The number of carboxylic acids is 1. The molecule has 1 aromatic rings. The van der Waals surface area contributed by atoms with Crippen LogP contribution in [0.5, 0.6) is 0 Å². The number of aromatic carboxylic acids is 1. The molecule has 5 heteroatoms. The average Bonchev–Trinajstić information content (AvgIpc) is 3.01. The van der Waals surface area contributed by atoms with Crippen LogP contribution in [0.15, 0.2) is 16.7 Å². The van der Waals surface area contributed by atoms with Crippen LogP contribution in [0, 0.1) is 18.3 Å². The molecule has 1 aliphatic rings. The van der Waals surface area contributed by atoms with E-state index >= 15 is 0 Å². The second-order valence-corrected chi connectivity index (χ2v) is 4.34. The number of amides is 1. The summed E-state index contributed by atoms with van der Waals surface area (Å²) < 4.78 is 4.98. The predicted octanol–water partition coefficient (Wildman–Crippen LogP) is 1.46. The molecule has 0 bridgehead atoms. The van der Waals surface area contributed by atoms with Crippen molar-refractivity contribution in [2.45, 2.75) is 12.8 Å². The van der Waals surface area contributed by atoms with Gasteiger partial charge in [-0.25, -0.2) is 4.79 Å². The van der Waals surface area contributed by atoms with E-state index in [1.54, 1.807) is 0 Å². The normalized spacial score (nSPS) is 13.9. The molecule has 0 unspecified atom stereocenters. The topological polar surface area (TPSA) is 70.8 Å². The molecule has 1 aliphatic carbocycles. The average molecular weight is 247 g/mol. The second kappa shape index (κ2) is 4.96. The summed E-state index contributed by atoms with van der Waals surface area (Å²) in [7, 11) is 0. The maximum absolute atomic E-state index is 12.1. The molecule has 1 fully saturated rings. The number of carboxylic acid groups (broad SMARTS) is 1. The van der Waals surface area contributed by atoms with E-state index in [2.05, 4.69) is 5.92 Å². The van der Waals surface area contributed by atoms with Gasteiger partial charge in [-0.2, -0.15) is 0 Å². The Bertz CT molecular complexity index is 507. The van der Waals surface area contributed by atoms with Gasteiger partial charge in [-0.05, 0) is 18.8 Å². The van der Waals surface area contributed by atoms with Gasteiger partial charge < -0.3 is 14.4 Å². The highest BCUT2D eigenvalue weighted by atomic mass is 16.4. The first-order chi connectivity index (χ1) is 8.61. The van der Waals surface area contributed by atoms with Crippen molar-refractivity contribution in [1.29, 1.82) is 0 Å². The molecule has 0 aromatic carbocycles. The Hall–Kier alpha value is -2.22. The number of nitrogens with zero attached hydrogens (tertiary/aromatic N) is 1. The summed E-state index contributed by atoms with van der Waals surface area (Å²) in [6, 6.07) is 1.22. The molecule has 0 saturated heterocycles. The molecule has 94 valence electrons. The van der Waals surface area contributed by atoms with Crippen molar-refractivity contribution in [3.63, 3.8) is 0 Å². The highest BCUT2D eigenvalue weighted by Crippen LogP contribution is 2.30. The van der Waals surface area contributed by atoms with Crippen molar-refractivity contribution in [2.75, 3.05) is 13.1 Å². The molecular formula is C13H13NO4. The number of furan rings is 1. The van der Waals surface area contributed by atoms with E-state index in [1.165, 1.54) is 11.0 Å². The Balaban J connectivity index is 2.10. The maximum Gasteiger partial charge on any atom is 0.338 e. The Morgan fingerprint density at radius 1 is 1.56 bits per heavy atom. The minimum atomic E-state index is -1.12. The van der Waals surface area contributed by atoms with Crippen LogP contribution in [-0.4, -0.2) is 35.0 Å². The van der Waals surface area contributed by atoms with Crippen LogP contribution < -0.4 is 0 Å². The van der Waals surface area contributed by atoms with Crippen LogP contribution in [0.2, 0.25) is 0 Å². The van der Waals surface area contributed by atoms with Crippen LogP contribution in [0.4, 0.5) is 0 Å². The van der Waals surface area contributed by atoms with E-state index in [9.17, 15) is 9.59 Å². The minimum Gasteiger partial charge on any atom is -0.478 e. The SMILES string of the molecule is C#CCN(CC1CC1)C(=O)c1cc(C(=O)O)co1. The fourth-order valence-electron chi connectivity index (χ4n) is 1.66. The van der Waals surface area contributed by atoms with Gasteiger partial charge in [-0.3, -0.25) is 4.79 Å². The fraction of sp³-hybridized carbons (Fsp3) is 0.385. The molecule has 1 N–H and O–H groups in total. The lowest BCUT2D eigenvalue weighted by Gasteiger charge is -2.18. The zero-order valence-electron chi connectivity index (χ0n) is 9.76. The fourth-order valence-corrected chi connectivity index (χ4v) is 1.66. The van der Waals surface area contributed by atoms with Crippen LogP contribution in [0.1, 0.15) is 33.8 Å². The van der Waals surface area contributed by atoms with Gasteiger partial charge in [0.25, 0.3) is 5.91 Å². The Labute approximate surface area is 104 Å². The van der Waals surface area contributed by atoms with Crippen molar-refractivity contribution >= 4 is 11.9 Å². The summed E-state index contributed by atoms with van der Waals surface area (Å²) in [6.45, 7) is 0.810. The van der Waals surface area contributed by atoms with E-state index in [0.717, 1.165) is 19.1 Å². The van der Waals surface area contributed by atoms with Gasteiger partial charge in [0.2, 0.25) is 0 Å². The van der Waals surface area contributed by atoms with Gasteiger partial charge in [0.1, 0.15) is 6.26 Å². The van der Waals surface area contributed by atoms with E-state index in [-0.39, 0.29) is 23.8 Å². The van der Waals surface area contributed by atoms with Crippen LogP contribution in [-0.2, 0) is 0 Å². The third-order valence-electron chi connectivity index (χ3n) is 2.80. The first-order valence-electron chi connectivity index (χ1n) is 5.66. The lowest BCUT2D eigenvalue weighted by atomic mass is 10.2. The number of rotatable bonds is 5. The maximum atomic E-state index is 12.1. The monoisotopic (exact) mass is 247 g/mol.